The first kappa shape index (κ1) is 8.74. The molecule has 72 valence electrons. The summed E-state index contributed by atoms with van der Waals surface area (Å²) in [6.45, 7) is -0.525. The molecule has 1 aromatic carbocycles. The first-order valence-corrected chi connectivity index (χ1v) is 4.17. The highest BCUT2D eigenvalue weighted by Crippen LogP contribution is 2.24. The van der Waals surface area contributed by atoms with Gasteiger partial charge in [0.2, 0.25) is 5.88 Å². The molecule has 2 aromatic rings. The van der Waals surface area contributed by atoms with E-state index in [-0.39, 0.29) is 5.88 Å². The third kappa shape index (κ3) is 1.46. The second kappa shape index (κ2) is 3.49. The molecule has 0 saturated carbocycles. The van der Waals surface area contributed by atoms with E-state index >= 15 is 0 Å². The van der Waals surface area contributed by atoms with E-state index in [4.69, 9.17) is 10.3 Å². The lowest BCUT2D eigenvalue weighted by atomic mass is 10.1. The fourth-order valence-electron chi connectivity index (χ4n) is 1.30. The molecular formula is C10H9FN2O. The van der Waals surface area contributed by atoms with Crippen molar-refractivity contribution in [2.45, 2.75) is 6.67 Å². The van der Waals surface area contributed by atoms with Crippen molar-refractivity contribution in [3.8, 4) is 11.3 Å². The van der Waals surface area contributed by atoms with Crippen molar-refractivity contribution in [2.24, 2.45) is 0 Å². The number of benzene rings is 1. The Kier molecular flexibility index (Phi) is 2.18. The van der Waals surface area contributed by atoms with Crippen LogP contribution in [0.5, 0.6) is 0 Å². The number of halogens is 1. The summed E-state index contributed by atoms with van der Waals surface area (Å²) in [4.78, 5) is 0. The highest BCUT2D eigenvalue weighted by atomic mass is 19.1. The molecular weight excluding hydrogens is 183 g/mol. The van der Waals surface area contributed by atoms with Gasteiger partial charge in [-0.1, -0.05) is 29.4 Å². The summed E-state index contributed by atoms with van der Waals surface area (Å²) in [6.07, 6.45) is 0. The van der Waals surface area contributed by atoms with E-state index in [1.54, 1.807) is 24.3 Å². The molecule has 2 rings (SSSR count). The van der Waals surface area contributed by atoms with Crippen LogP contribution in [-0.4, -0.2) is 5.16 Å². The van der Waals surface area contributed by atoms with Gasteiger partial charge in [0, 0.05) is 11.6 Å². The van der Waals surface area contributed by atoms with Crippen molar-refractivity contribution >= 4 is 5.88 Å². The first-order chi connectivity index (χ1) is 6.81. The number of aromatic nitrogens is 1. The van der Waals surface area contributed by atoms with Crippen LogP contribution in [0.15, 0.2) is 34.9 Å². The predicted molar refractivity (Wildman–Crippen MR) is 51.2 cm³/mol. The summed E-state index contributed by atoms with van der Waals surface area (Å²) in [5.41, 5.74) is 7.25. The number of hydrogen-bond donors (Lipinski definition) is 1. The number of nitrogen functional groups attached to an aromatic ring is 1. The van der Waals surface area contributed by atoms with E-state index in [1.165, 1.54) is 0 Å². The molecule has 2 N–H and O–H groups in total. The van der Waals surface area contributed by atoms with Crippen LogP contribution < -0.4 is 5.73 Å². The zero-order valence-corrected chi connectivity index (χ0v) is 7.40. The summed E-state index contributed by atoms with van der Waals surface area (Å²) in [7, 11) is 0. The summed E-state index contributed by atoms with van der Waals surface area (Å²) < 4.78 is 17.3. The number of anilines is 1. The van der Waals surface area contributed by atoms with Crippen LogP contribution in [0.4, 0.5) is 10.3 Å². The van der Waals surface area contributed by atoms with Crippen LogP contribution in [0, 0.1) is 0 Å². The Morgan fingerprint density at radius 2 is 2.14 bits per heavy atom. The fraction of sp³-hybridized carbons (Fsp3) is 0.100. The number of hydrogen-bond acceptors (Lipinski definition) is 3. The molecule has 0 aliphatic rings. The van der Waals surface area contributed by atoms with Gasteiger partial charge in [0.1, 0.15) is 12.4 Å². The Morgan fingerprint density at radius 1 is 1.36 bits per heavy atom. The van der Waals surface area contributed by atoms with Gasteiger partial charge in [-0.15, -0.1) is 0 Å². The van der Waals surface area contributed by atoms with E-state index in [0.717, 1.165) is 5.56 Å². The zero-order valence-electron chi connectivity index (χ0n) is 7.40. The van der Waals surface area contributed by atoms with E-state index in [0.29, 0.717) is 11.3 Å². The lowest BCUT2D eigenvalue weighted by molar-refractivity contribution is 0.438. The fourth-order valence-corrected chi connectivity index (χ4v) is 1.30. The largest absolute Gasteiger partial charge is 0.368 e. The van der Waals surface area contributed by atoms with Gasteiger partial charge >= 0.3 is 0 Å². The molecule has 3 nitrogen and oxygen atoms in total. The maximum atomic E-state index is 12.6. The molecule has 0 spiro atoms. The zero-order chi connectivity index (χ0) is 9.97. The number of alkyl halides is 1. The average molecular weight is 192 g/mol. The average Bonchev–Trinajstić information content (AvgIpc) is 2.65. The van der Waals surface area contributed by atoms with Crippen molar-refractivity contribution in [1.29, 1.82) is 0 Å². The lowest BCUT2D eigenvalue weighted by Crippen LogP contribution is -1.85. The van der Waals surface area contributed by atoms with Gasteiger partial charge in [-0.2, -0.15) is 0 Å². The van der Waals surface area contributed by atoms with Gasteiger partial charge in [0.25, 0.3) is 0 Å². The van der Waals surface area contributed by atoms with Gasteiger partial charge in [-0.25, -0.2) is 4.39 Å². The molecule has 4 heteroatoms. The minimum Gasteiger partial charge on any atom is -0.368 e. The Bertz CT molecular complexity index is 439. The minimum absolute atomic E-state index is 0.230. The van der Waals surface area contributed by atoms with Crippen molar-refractivity contribution in [2.75, 3.05) is 5.73 Å². The summed E-state index contributed by atoms with van der Waals surface area (Å²) >= 11 is 0. The summed E-state index contributed by atoms with van der Waals surface area (Å²) in [6, 6.07) is 8.67. The maximum absolute atomic E-state index is 12.6. The molecule has 0 radical (unpaired) electrons. The Hall–Kier alpha value is -1.84. The van der Waals surface area contributed by atoms with Crippen molar-refractivity contribution in [3.63, 3.8) is 0 Å². The van der Waals surface area contributed by atoms with Gasteiger partial charge < -0.3 is 10.3 Å². The van der Waals surface area contributed by atoms with Crippen LogP contribution in [0.2, 0.25) is 0 Å². The third-order valence-electron chi connectivity index (χ3n) is 1.97. The number of nitrogens with zero attached hydrogens (tertiary/aromatic N) is 1. The predicted octanol–water partition coefficient (Wildman–Crippen LogP) is 2.39. The molecule has 0 aliphatic carbocycles. The second-order valence-corrected chi connectivity index (χ2v) is 2.91. The van der Waals surface area contributed by atoms with Crippen molar-refractivity contribution in [3.05, 3.63) is 35.9 Å². The van der Waals surface area contributed by atoms with Crippen LogP contribution in [-0.2, 0) is 6.67 Å². The second-order valence-electron chi connectivity index (χ2n) is 2.91. The monoisotopic (exact) mass is 192 g/mol. The normalized spacial score (nSPS) is 10.4. The molecule has 0 atom stereocenters. The molecule has 14 heavy (non-hydrogen) atoms. The Labute approximate surface area is 80.3 Å². The lowest BCUT2D eigenvalue weighted by Gasteiger charge is -2.00. The summed E-state index contributed by atoms with van der Waals surface area (Å²) in [5, 5.41) is 3.73. The molecule has 0 amide bonds. The minimum atomic E-state index is -0.525. The standard InChI is InChI=1S/C10H9FN2O/c11-6-7-3-1-2-4-8(7)9-5-10(12)14-13-9/h1-5H,6,12H2. The van der Waals surface area contributed by atoms with E-state index < -0.39 is 6.67 Å². The summed E-state index contributed by atoms with van der Waals surface area (Å²) in [5.74, 6) is 0.230. The maximum Gasteiger partial charge on any atom is 0.222 e. The van der Waals surface area contributed by atoms with Gasteiger partial charge in [-0.05, 0) is 5.56 Å². The van der Waals surface area contributed by atoms with E-state index in [9.17, 15) is 4.39 Å². The SMILES string of the molecule is Nc1cc(-c2ccccc2CF)no1. The van der Waals surface area contributed by atoms with E-state index in [2.05, 4.69) is 5.16 Å². The van der Waals surface area contributed by atoms with E-state index in [1.807, 2.05) is 6.07 Å². The van der Waals surface area contributed by atoms with Crippen LogP contribution in [0.1, 0.15) is 5.56 Å². The quantitative estimate of drug-likeness (QED) is 0.794. The molecule has 1 aromatic heterocycles. The number of nitrogens with two attached hydrogens (primary N) is 1. The first-order valence-electron chi connectivity index (χ1n) is 4.17. The molecule has 0 aliphatic heterocycles. The third-order valence-corrected chi connectivity index (χ3v) is 1.97. The van der Waals surface area contributed by atoms with Crippen LogP contribution >= 0.6 is 0 Å². The van der Waals surface area contributed by atoms with Crippen molar-refractivity contribution < 1.29 is 8.91 Å². The van der Waals surface area contributed by atoms with Gasteiger partial charge in [0.15, 0.2) is 0 Å². The van der Waals surface area contributed by atoms with Crippen molar-refractivity contribution in [1.82, 2.24) is 5.16 Å². The molecule has 0 fully saturated rings. The highest BCUT2D eigenvalue weighted by Gasteiger charge is 2.08. The highest BCUT2D eigenvalue weighted by molar-refractivity contribution is 5.64. The molecule has 1 heterocycles. The molecule has 0 bridgehead atoms. The van der Waals surface area contributed by atoms with Crippen LogP contribution in [0.25, 0.3) is 11.3 Å². The number of rotatable bonds is 2. The topological polar surface area (TPSA) is 52.0 Å². The smallest absolute Gasteiger partial charge is 0.222 e. The molecule has 0 unspecified atom stereocenters. The Morgan fingerprint density at radius 3 is 2.79 bits per heavy atom. The van der Waals surface area contributed by atoms with Gasteiger partial charge in [-0.3, -0.25) is 0 Å². The molecule has 0 saturated heterocycles. The van der Waals surface area contributed by atoms with Crippen LogP contribution in [0.3, 0.4) is 0 Å². The Balaban J connectivity index is 2.50. The van der Waals surface area contributed by atoms with Gasteiger partial charge in [0.05, 0.1) is 0 Å².